The molecule has 0 spiro atoms. The first-order chi connectivity index (χ1) is 9.85. The predicted octanol–water partition coefficient (Wildman–Crippen LogP) is 1.64. The van der Waals surface area contributed by atoms with E-state index < -0.39 is 12.0 Å². The first kappa shape index (κ1) is 16.8. The van der Waals surface area contributed by atoms with Crippen molar-refractivity contribution in [2.75, 3.05) is 25.5 Å². The lowest BCUT2D eigenvalue weighted by atomic mass is 10.2. The highest BCUT2D eigenvalue weighted by Crippen LogP contribution is 2.20. The minimum absolute atomic E-state index is 0.0979. The van der Waals surface area contributed by atoms with Gasteiger partial charge in [0.2, 0.25) is 5.91 Å². The van der Waals surface area contributed by atoms with Crippen LogP contribution in [-0.4, -0.2) is 48.1 Å². The molecule has 3 N–H and O–H groups in total. The van der Waals surface area contributed by atoms with Crippen LogP contribution >= 0.6 is 11.6 Å². The Morgan fingerprint density at radius 3 is 2.57 bits per heavy atom. The van der Waals surface area contributed by atoms with E-state index in [0.29, 0.717) is 6.54 Å². The summed E-state index contributed by atoms with van der Waals surface area (Å²) >= 11 is 5.71. The lowest BCUT2D eigenvalue weighted by Crippen LogP contribution is -2.39. The van der Waals surface area contributed by atoms with Crippen molar-refractivity contribution in [2.24, 2.45) is 0 Å². The average Bonchev–Trinajstić information content (AvgIpc) is 2.45. The molecule has 21 heavy (non-hydrogen) atoms. The number of carboxylic acids is 1. The molecular formula is C13H16ClN3O4. The summed E-state index contributed by atoms with van der Waals surface area (Å²) in [6.45, 7) is 2.17. The van der Waals surface area contributed by atoms with Gasteiger partial charge in [-0.05, 0) is 25.1 Å². The largest absolute Gasteiger partial charge is 0.478 e. The summed E-state index contributed by atoms with van der Waals surface area (Å²) in [5.41, 5.74) is -0.0321. The van der Waals surface area contributed by atoms with Crippen LogP contribution in [0.2, 0.25) is 5.02 Å². The van der Waals surface area contributed by atoms with Crippen LogP contribution in [0.5, 0.6) is 0 Å². The van der Waals surface area contributed by atoms with Crippen molar-refractivity contribution in [2.45, 2.75) is 6.92 Å². The number of urea groups is 1. The number of rotatable bonds is 5. The highest BCUT2D eigenvalue weighted by Gasteiger charge is 2.14. The SMILES string of the molecule is CCN(C)C(=O)CNC(=O)Nc1ccc(Cl)cc1C(=O)O. The normalized spacial score (nSPS) is 9.86. The second-order valence-corrected chi connectivity index (χ2v) is 4.65. The van der Waals surface area contributed by atoms with E-state index in [1.54, 1.807) is 7.05 Å². The van der Waals surface area contributed by atoms with Crippen LogP contribution in [0.25, 0.3) is 0 Å². The molecule has 0 aliphatic carbocycles. The summed E-state index contributed by atoms with van der Waals surface area (Å²) < 4.78 is 0. The molecule has 1 rings (SSSR count). The third-order valence-corrected chi connectivity index (χ3v) is 3.00. The molecule has 0 aromatic heterocycles. The van der Waals surface area contributed by atoms with Gasteiger partial charge >= 0.3 is 12.0 Å². The van der Waals surface area contributed by atoms with Crippen molar-refractivity contribution in [1.82, 2.24) is 10.2 Å². The third kappa shape index (κ3) is 4.96. The molecule has 1 aromatic carbocycles. The number of likely N-dealkylation sites (N-methyl/N-ethyl adjacent to an activating group) is 1. The standard InChI is InChI=1S/C13H16ClN3O4/c1-3-17(2)11(18)7-15-13(21)16-10-5-4-8(14)6-9(10)12(19)20/h4-6H,3,7H2,1-2H3,(H,19,20)(H2,15,16,21). The summed E-state index contributed by atoms with van der Waals surface area (Å²) in [4.78, 5) is 35.7. The second kappa shape index (κ2) is 7.49. The van der Waals surface area contributed by atoms with Crippen LogP contribution in [0.1, 0.15) is 17.3 Å². The molecule has 0 aliphatic heterocycles. The van der Waals surface area contributed by atoms with E-state index in [-0.39, 0.29) is 28.7 Å². The van der Waals surface area contributed by atoms with Crippen molar-refractivity contribution in [3.05, 3.63) is 28.8 Å². The Morgan fingerprint density at radius 2 is 2.00 bits per heavy atom. The Hall–Kier alpha value is -2.28. The molecular weight excluding hydrogens is 298 g/mol. The molecule has 0 unspecified atom stereocenters. The molecule has 0 atom stereocenters. The van der Waals surface area contributed by atoms with E-state index in [1.807, 2.05) is 6.92 Å². The van der Waals surface area contributed by atoms with Gasteiger partial charge in [0.1, 0.15) is 0 Å². The van der Waals surface area contributed by atoms with Gasteiger partial charge in [0, 0.05) is 18.6 Å². The van der Waals surface area contributed by atoms with Crippen molar-refractivity contribution in [1.29, 1.82) is 0 Å². The van der Waals surface area contributed by atoms with E-state index in [4.69, 9.17) is 16.7 Å². The average molecular weight is 314 g/mol. The zero-order chi connectivity index (χ0) is 16.0. The van der Waals surface area contributed by atoms with Crippen LogP contribution in [0.3, 0.4) is 0 Å². The lowest BCUT2D eigenvalue weighted by molar-refractivity contribution is -0.128. The Kier molecular flexibility index (Phi) is 5.98. The number of carbonyl (C=O) groups excluding carboxylic acids is 2. The summed E-state index contributed by atoms with van der Waals surface area (Å²) in [5, 5.41) is 14.0. The summed E-state index contributed by atoms with van der Waals surface area (Å²) in [7, 11) is 1.61. The number of carbonyl (C=O) groups is 3. The molecule has 0 fully saturated rings. The molecule has 0 bridgehead atoms. The van der Waals surface area contributed by atoms with Gasteiger partial charge in [-0.1, -0.05) is 11.6 Å². The zero-order valence-electron chi connectivity index (χ0n) is 11.6. The second-order valence-electron chi connectivity index (χ2n) is 4.21. The van der Waals surface area contributed by atoms with Gasteiger partial charge in [-0.25, -0.2) is 9.59 Å². The van der Waals surface area contributed by atoms with E-state index in [9.17, 15) is 14.4 Å². The minimum Gasteiger partial charge on any atom is -0.478 e. The number of nitrogens with zero attached hydrogens (tertiary/aromatic N) is 1. The van der Waals surface area contributed by atoms with Gasteiger partial charge in [-0.15, -0.1) is 0 Å². The fourth-order valence-corrected chi connectivity index (χ4v) is 1.61. The zero-order valence-corrected chi connectivity index (χ0v) is 12.4. The van der Waals surface area contributed by atoms with Gasteiger partial charge in [0.25, 0.3) is 0 Å². The molecule has 1 aromatic rings. The summed E-state index contributed by atoms with van der Waals surface area (Å²) in [6, 6.07) is 3.40. The maximum atomic E-state index is 11.7. The van der Waals surface area contributed by atoms with E-state index in [0.717, 1.165) is 0 Å². The minimum atomic E-state index is -1.21. The van der Waals surface area contributed by atoms with Gasteiger partial charge in [0.05, 0.1) is 17.8 Å². The number of benzene rings is 1. The smallest absolute Gasteiger partial charge is 0.337 e. The van der Waals surface area contributed by atoms with Crippen molar-refractivity contribution in [3.63, 3.8) is 0 Å². The van der Waals surface area contributed by atoms with Crippen LogP contribution in [0, 0.1) is 0 Å². The fraction of sp³-hybridized carbons (Fsp3) is 0.308. The van der Waals surface area contributed by atoms with E-state index >= 15 is 0 Å². The first-order valence-corrected chi connectivity index (χ1v) is 6.54. The lowest BCUT2D eigenvalue weighted by Gasteiger charge is -2.15. The molecule has 0 saturated heterocycles. The van der Waals surface area contributed by atoms with Crippen molar-refractivity contribution in [3.8, 4) is 0 Å². The number of hydrogen-bond acceptors (Lipinski definition) is 3. The first-order valence-electron chi connectivity index (χ1n) is 6.16. The maximum absolute atomic E-state index is 11.7. The molecule has 0 saturated carbocycles. The van der Waals surface area contributed by atoms with Crippen LogP contribution in [-0.2, 0) is 4.79 Å². The molecule has 8 heteroatoms. The number of nitrogens with one attached hydrogen (secondary N) is 2. The maximum Gasteiger partial charge on any atom is 0.337 e. The quantitative estimate of drug-likeness (QED) is 0.769. The number of carboxylic acid groups (broad SMARTS) is 1. The Bertz CT molecular complexity index is 562. The Balaban J connectivity index is 2.67. The fourth-order valence-electron chi connectivity index (χ4n) is 1.44. The molecule has 0 aliphatic rings. The molecule has 3 amide bonds. The van der Waals surface area contributed by atoms with Crippen LogP contribution in [0.15, 0.2) is 18.2 Å². The molecule has 114 valence electrons. The number of halogens is 1. The molecule has 0 radical (unpaired) electrons. The number of aromatic carboxylic acids is 1. The molecule has 0 heterocycles. The van der Waals surface area contributed by atoms with E-state index in [1.165, 1.54) is 23.1 Å². The van der Waals surface area contributed by atoms with Gasteiger partial charge in [-0.2, -0.15) is 0 Å². The summed E-state index contributed by atoms with van der Waals surface area (Å²) in [5.74, 6) is -1.46. The Morgan fingerprint density at radius 1 is 1.33 bits per heavy atom. The van der Waals surface area contributed by atoms with Gasteiger partial charge < -0.3 is 20.6 Å². The highest BCUT2D eigenvalue weighted by atomic mass is 35.5. The monoisotopic (exact) mass is 313 g/mol. The number of anilines is 1. The van der Waals surface area contributed by atoms with Crippen molar-refractivity contribution < 1.29 is 19.5 Å². The number of amides is 3. The highest BCUT2D eigenvalue weighted by molar-refractivity contribution is 6.31. The topological polar surface area (TPSA) is 98.7 Å². The third-order valence-electron chi connectivity index (χ3n) is 2.76. The van der Waals surface area contributed by atoms with Gasteiger partial charge in [-0.3, -0.25) is 4.79 Å². The predicted molar refractivity (Wildman–Crippen MR) is 78.7 cm³/mol. The van der Waals surface area contributed by atoms with Crippen LogP contribution in [0.4, 0.5) is 10.5 Å². The summed E-state index contributed by atoms with van der Waals surface area (Å²) in [6.07, 6.45) is 0. The molecule has 7 nitrogen and oxygen atoms in total. The van der Waals surface area contributed by atoms with Crippen LogP contribution < -0.4 is 10.6 Å². The van der Waals surface area contributed by atoms with Gasteiger partial charge in [0.15, 0.2) is 0 Å². The van der Waals surface area contributed by atoms with E-state index in [2.05, 4.69) is 10.6 Å². The Labute approximate surface area is 126 Å². The number of hydrogen-bond donors (Lipinski definition) is 3. The van der Waals surface area contributed by atoms with Crippen molar-refractivity contribution >= 4 is 35.2 Å².